The number of hydrogen-bond acceptors (Lipinski definition) is 7. The van der Waals surface area contributed by atoms with E-state index in [1.54, 1.807) is 17.4 Å². The Hall–Kier alpha value is -2.80. The summed E-state index contributed by atoms with van der Waals surface area (Å²) in [6, 6.07) is 9.69. The van der Waals surface area contributed by atoms with Gasteiger partial charge in [-0.25, -0.2) is 0 Å². The Balaban J connectivity index is 1.29. The largest absolute Gasteiger partial charge is 0.453 e. The van der Waals surface area contributed by atoms with Crippen LogP contribution in [-0.2, 0) is 24.2 Å². The van der Waals surface area contributed by atoms with Gasteiger partial charge in [0.1, 0.15) is 16.7 Å². The van der Waals surface area contributed by atoms with Gasteiger partial charge in [0.05, 0.1) is 11.3 Å². The lowest BCUT2D eigenvalue weighted by Gasteiger charge is -2.33. The van der Waals surface area contributed by atoms with E-state index in [0.29, 0.717) is 44.8 Å². The number of carbonyl (C=O) groups excluding carboxylic acids is 1. The maximum absolute atomic E-state index is 12.9. The molecule has 192 valence electrons. The molecule has 1 aromatic carbocycles. The van der Waals surface area contributed by atoms with Crippen molar-refractivity contribution in [3.63, 3.8) is 0 Å². The fourth-order valence-electron chi connectivity index (χ4n) is 4.81. The lowest BCUT2D eigenvalue weighted by atomic mass is 9.72. The number of aromatic nitrogens is 3. The van der Waals surface area contributed by atoms with E-state index in [0.717, 1.165) is 35.8 Å². The molecule has 3 heterocycles. The van der Waals surface area contributed by atoms with Crippen molar-refractivity contribution in [2.24, 2.45) is 11.3 Å². The third-order valence-electron chi connectivity index (χ3n) is 6.92. The van der Waals surface area contributed by atoms with Crippen LogP contribution >= 0.6 is 34.7 Å². The van der Waals surface area contributed by atoms with Crippen LogP contribution in [0, 0.1) is 22.7 Å². The zero-order valence-electron chi connectivity index (χ0n) is 21.2. The second-order valence-electron chi connectivity index (χ2n) is 10.3. The van der Waals surface area contributed by atoms with Crippen LogP contribution < -0.4 is 5.32 Å². The van der Waals surface area contributed by atoms with E-state index in [4.69, 9.17) is 16.0 Å². The SMILES string of the molecule is CCn1c(SCC(=O)Nc2sc3c(c2C#N)CC[C@H](C(C)(C)C)C3)nnc1-c1cc2cc(Cl)ccc2o1. The van der Waals surface area contributed by atoms with E-state index in [2.05, 4.69) is 42.4 Å². The highest BCUT2D eigenvalue weighted by Crippen LogP contribution is 2.44. The van der Waals surface area contributed by atoms with Gasteiger partial charge in [0.15, 0.2) is 10.9 Å². The second-order valence-corrected chi connectivity index (χ2v) is 12.8. The fourth-order valence-corrected chi connectivity index (χ4v) is 7.09. The van der Waals surface area contributed by atoms with Crippen molar-refractivity contribution in [2.75, 3.05) is 11.1 Å². The van der Waals surface area contributed by atoms with Gasteiger partial charge in [-0.2, -0.15) is 5.26 Å². The molecule has 0 spiro atoms. The van der Waals surface area contributed by atoms with Crippen molar-refractivity contribution in [1.82, 2.24) is 14.8 Å². The minimum Gasteiger partial charge on any atom is -0.453 e. The number of furan rings is 1. The Bertz CT molecular complexity index is 1520. The van der Waals surface area contributed by atoms with Crippen LogP contribution in [-0.4, -0.2) is 26.4 Å². The van der Waals surface area contributed by atoms with Crippen molar-refractivity contribution in [3.05, 3.63) is 45.3 Å². The molecule has 4 aromatic rings. The van der Waals surface area contributed by atoms with E-state index < -0.39 is 0 Å². The number of rotatable bonds is 6. The Morgan fingerprint density at radius 1 is 1.35 bits per heavy atom. The molecule has 0 aliphatic heterocycles. The maximum Gasteiger partial charge on any atom is 0.235 e. The molecule has 0 fully saturated rings. The summed E-state index contributed by atoms with van der Waals surface area (Å²) in [5.41, 5.74) is 2.67. The average molecular weight is 554 g/mol. The first-order valence-corrected chi connectivity index (χ1v) is 14.5. The molecule has 1 aliphatic rings. The molecule has 1 amide bonds. The minimum absolute atomic E-state index is 0.159. The third-order valence-corrected chi connectivity index (χ3v) is 9.29. The molecule has 37 heavy (non-hydrogen) atoms. The van der Waals surface area contributed by atoms with Gasteiger partial charge >= 0.3 is 0 Å². The number of nitrogens with zero attached hydrogens (tertiary/aromatic N) is 4. The Morgan fingerprint density at radius 3 is 2.89 bits per heavy atom. The zero-order chi connectivity index (χ0) is 26.3. The number of nitrogens with one attached hydrogen (secondary N) is 1. The zero-order valence-corrected chi connectivity index (χ0v) is 23.6. The molecule has 0 unspecified atom stereocenters. The highest BCUT2D eigenvalue weighted by Gasteiger charge is 2.32. The lowest BCUT2D eigenvalue weighted by molar-refractivity contribution is -0.113. The van der Waals surface area contributed by atoms with Crippen LogP contribution in [0.3, 0.4) is 0 Å². The maximum atomic E-state index is 12.9. The number of halogens is 1. The van der Waals surface area contributed by atoms with Crippen molar-refractivity contribution >= 4 is 56.6 Å². The summed E-state index contributed by atoms with van der Waals surface area (Å²) in [4.78, 5) is 14.1. The fraction of sp³-hybridized carbons (Fsp3) is 0.407. The quantitative estimate of drug-likeness (QED) is 0.254. The van der Waals surface area contributed by atoms with Crippen molar-refractivity contribution in [3.8, 4) is 17.7 Å². The molecule has 1 aliphatic carbocycles. The van der Waals surface area contributed by atoms with Gasteiger partial charge < -0.3 is 9.73 Å². The number of benzene rings is 1. The molecule has 5 rings (SSSR count). The average Bonchev–Trinajstić information content (AvgIpc) is 3.55. The minimum atomic E-state index is -0.168. The monoisotopic (exact) mass is 553 g/mol. The summed E-state index contributed by atoms with van der Waals surface area (Å²) in [5, 5.41) is 24.3. The predicted octanol–water partition coefficient (Wildman–Crippen LogP) is 7.18. The molecule has 0 radical (unpaired) electrons. The number of thiophene rings is 1. The lowest BCUT2D eigenvalue weighted by Crippen LogP contribution is -2.26. The predicted molar refractivity (Wildman–Crippen MR) is 149 cm³/mol. The number of fused-ring (bicyclic) bond motifs is 2. The number of nitriles is 1. The van der Waals surface area contributed by atoms with Crippen molar-refractivity contribution in [2.45, 2.75) is 58.7 Å². The Kier molecular flexibility index (Phi) is 7.10. The Labute approximate surface area is 229 Å². The van der Waals surface area contributed by atoms with E-state index in [9.17, 15) is 10.1 Å². The topological polar surface area (TPSA) is 96.7 Å². The van der Waals surface area contributed by atoms with Gasteiger partial charge in [-0.3, -0.25) is 9.36 Å². The molecular weight excluding hydrogens is 526 g/mol. The number of thioether (sulfide) groups is 1. The first-order valence-electron chi connectivity index (χ1n) is 12.3. The highest BCUT2D eigenvalue weighted by atomic mass is 35.5. The molecule has 1 atom stereocenters. The molecule has 1 N–H and O–H groups in total. The van der Waals surface area contributed by atoms with Crippen LogP contribution in [0.4, 0.5) is 5.00 Å². The van der Waals surface area contributed by atoms with Crippen LogP contribution in [0.25, 0.3) is 22.6 Å². The molecule has 3 aromatic heterocycles. The van der Waals surface area contributed by atoms with Crippen LogP contribution in [0.1, 0.15) is 50.1 Å². The Morgan fingerprint density at radius 2 is 2.16 bits per heavy atom. The number of amides is 1. The van der Waals surface area contributed by atoms with E-state index in [1.807, 2.05) is 29.7 Å². The third kappa shape index (κ3) is 5.15. The summed E-state index contributed by atoms with van der Waals surface area (Å²) in [7, 11) is 0. The normalized spacial score (nSPS) is 15.5. The van der Waals surface area contributed by atoms with Gasteiger partial charge in [0.2, 0.25) is 11.7 Å². The molecular formula is C27H28ClN5O2S2. The molecule has 0 bridgehead atoms. The number of hydrogen-bond donors (Lipinski definition) is 1. The molecule has 10 heteroatoms. The van der Waals surface area contributed by atoms with Crippen molar-refractivity contribution < 1.29 is 9.21 Å². The van der Waals surface area contributed by atoms with E-state index in [-0.39, 0.29) is 17.1 Å². The summed E-state index contributed by atoms with van der Waals surface area (Å²) in [5.74, 6) is 1.76. The number of anilines is 1. The second kappa shape index (κ2) is 10.2. The highest BCUT2D eigenvalue weighted by molar-refractivity contribution is 7.99. The summed E-state index contributed by atoms with van der Waals surface area (Å²) in [6.07, 6.45) is 2.91. The molecule has 0 saturated carbocycles. The van der Waals surface area contributed by atoms with Crippen LogP contribution in [0.5, 0.6) is 0 Å². The van der Waals surface area contributed by atoms with E-state index in [1.165, 1.54) is 16.6 Å². The van der Waals surface area contributed by atoms with Crippen molar-refractivity contribution in [1.29, 1.82) is 5.26 Å². The van der Waals surface area contributed by atoms with Crippen LogP contribution in [0.15, 0.2) is 33.8 Å². The standard InChI is InChI=1S/C27H28ClN5O2S2/c1-5-33-24(21-11-15-10-17(28)7-9-20(15)35-21)31-32-26(33)36-14-23(34)30-25-19(13-29)18-8-6-16(27(2,3)4)12-22(18)37-25/h7,9-11,16H,5-6,8,12,14H2,1-4H3,(H,30,34)/t16-/m0/s1. The molecule has 0 saturated heterocycles. The van der Waals surface area contributed by atoms with Crippen LogP contribution in [0.2, 0.25) is 5.02 Å². The summed E-state index contributed by atoms with van der Waals surface area (Å²) in [6.45, 7) is 9.43. The van der Waals surface area contributed by atoms with Gasteiger partial charge in [-0.05, 0) is 67.3 Å². The van der Waals surface area contributed by atoms with E-state index >= 15 is 0 Å². The molecule has 7 nitrogen and oxygen atoms in total. The summed E-state index contributed by atoms with van der Waals surface area (Å²) < 4.78 is 7.89. The first-order chi connectivity index (χ1) is 17.7. The first kappa shape index (κ1) is 25.8. The summed E-state index contributed by atoms with van der Waals surface area (Å²) >= 11 is 8.97. The number of carbonyl (C=O) groups is 1. The smallest absolute Gasteiger partial charge is 0.235 e. The van der Waals surface area contributed by atoms with Gasteiger partial charge in [-0.1, -0.05) is 44.1 Å². The van der Waals surface area contributed by atoms with Gasteiger partial charge in [-0.15, -0.1) is 21.5 Å². The van der Waals surface area contributed by atoms with Gasteiger partial charge in [0, 0.05) is 21.8 Å². The van der Waals surface area contributed by atoms with Gasteiger partial charge in [0.25, 0.3) is 0 Å².